The summed E-state index contributed by atoms with van der Waals surface area (Å²) in [6.45, 7) is 1.47. The molecule has 5 nitrogen and oxygen atoms in total. The number of amides is 1. The van der Waals surface area contributed by atoms with E-state index in [1.807, 2.05) is 31.2 Å². The molecule has 0 saturated carbocycles. The van der Waals surface area contributed by atoms with Gasteiger partial charge in [-0.2, -0.15) is 0 Å². The second-order valence-corrected chi connectivity index (χ2v) is 4.37. The largest absolute Gasteiger partial charge is 0.394 e. The second kappa shape index (κ2) is 5.77. The van der Waals surface area contributed by atoms with Crippen molar-refractivity contribution in [2.24, 2.45) is 0 Å². The average molecular weight is 260 g/mol. The second-order valence-electron chi connectivity index (χ2n) is 4.37. The van der Waals surface area contributed by atoms with E-state index in [2.05, 4.69) is 10.3 Å². The molecule has 19 heavy (non-hydrogen) atoms. The van der Waals surface area contributed by atoms with Crippen LogP contribution < -0.4 is 5.32 Å². The standard InChI is InChI=1S/C14H16N2O3/c1-9-6-12(14(19)15-7-10(18)8-17)11-4-2-3-5-13(11)16-9/h2-6,10,17-18H,7-8H2,1H3,(H,15,19). The number of nitrogens with one attached hydrogen (secondary N) is 1. The number of benzene rings is 1. The monoisotopic (exact) mass is 260 g/mol. The van der Waals surface area contributed by atoms with Crippen LogP contribution >= 0.6 is 0 Å². The summed E-state index contributed by atoms with van der Waals surface area (Å²) in [4.78, 5) is 16.5. The molecular weight excluding hydrogens is 244 g/mol. The third-order valence-electron chi connectivity index (χ3n) is 2.80. The number of aliphatic hydroxyl groups excluding tert-OH is 2. The van der Waals surface area contributed by atoms with Crippen LogP contribution in [0.2, 0.25) is 0 Å². The van der Waals surface area contributed by atoms with Crippen molar-refractivity contribution in [1.82, 2.24) is 10.3 Å². The maximum Gasteiger partial charge on any atom is 0.252 e. The zero-order chi connectivity index (χ0) is 13.8. The van der Waals surface area contributed by atoms with E-state index in [0.29, 0.717) is 5.56 Å². The number of nitrogens with zero attached hydrogens (tertiary/aromatic N) is 1. The molecule has 0 aliphatic carbocycles. The minimum atomic E-state index is -0.946. The van der Waals surface area contributed by atoms with Crippen LogP contribution in [0.25, 0.3) is 10.9 Å². The molecule has 2 aromatic rings. The van der Waals surface area contributed by atoms with Crippen molar-refractivity contribution < 1.29 is 15.0 Å². The fourth-order valence-electron chi connectivity index (χ4n) is 1.87. The molecule has 1 aromatic carbocycles. The van der Waals surface area contributed by atoms with E-state index < -0.39 is 6.10 Å². The van der Waals surface area contributed by atoms with Gasteiger partial charge in [0.05, 0.1) is 23.8 Å². The lowest BCUT2D eigenvalue weighted by Gasteiger charge is -2.11. The lowest BCUT2D eigenvalue weighted by Crippen LogP contribution is -2.34. The molecule has 100 valence electrons. The van der Waals surface area contributed by atoms with Gasteiger partial charge in [0.1, 0.15) is 0 Å². The molecule has 5 heteroatoms. The molecule has 1 atom stereocenters. The van der Waals surface area contributed by atoms with Crippen LogP contribution in [-0.4, -0.2) is 40.4 Å². The topological polar surface area (TPSA) is 82.5 Å². The first kappa shape index (κ1) is 13.5. The maximum absolute atomic E-state index is 12.1. The highest BCUT2D eigenvalue weighted by atomic mass is 16.3. The maximum atomic E-state index is 12.1. The molecule has 0 aliphatic rings. The van der Waals surface area contributed by atoms with Crippen molar-refractivity contribution in [2.75, 3.05) is 13.2 Å². The van der Waals surface area contributed by atoms with E-state index in [1.165, 1.54) is 0 Å². The smallest absolute Gasteiger partial charge is 0.252 e. The van der Waals surface area contributed by atoms with E-state index in [1.54, 1.807) is 6.07 Å². The molecule has 0 aliphatic heterocycles. The Morgan fingerprint density at radius 2 is 2.16 bits per heavy atom. The molecule has 1 unspecified atom stereocenters. The predicted octanol–water partition coefficient (Wildman–Crippen LogP) is 0.626. The minimum absolute atomic E-state index is 0.0189. The van der Waals surface area contributed by atoms with Gasteiger partial charge in [0, 0.05) is 17.6 Å². The number of para-hydroxylation sites is 1. The first-order valence-corrected chi connectivity index (χ1v) is 6.05. The Hall–Kier alpha value is -1.98. The van der Waals surface area contributed by atoms with E-state index in [4.69, 9.17) is 5.11 Å². The summed E-state index contributed by atoms with van der Waals surface area (Å²) in [5.41, 5.74) is 2.04. The molecule has 0 radical (unpaired) electrons. The fraction of sp³-hybridized carbons (Fsp3) is 0.286. The number of aromatic nitrogens is 1. The first-order valence-electron chi connectivity index (χ1n) is 6.05. The molecule has 0 spiro atoms. The Balaban J connectivity index is 2.31. The Bertz CT molecular complexity index is 598. The van der Waals surface area contributed by atoms with Gasteiger partial charge >= 0.3 is 0 Å². The molecule has 1 aromatic heterocycles. The van der Waals surface area contributed by atoms with Crippen molar-refractivity contribution in [3.63, 3.8) is 0 Å². The summed E-state index contributed by atoms with van der Waals surface area (Å²) in [7, 11) is 0. The van der Waals surface area contributed by atoms with Crippen LogP contribution in [0.5, 0.6) is 0 Å². The van der Waals surface area contributed by atoms with Crippen molar-refractivity contribution in [3.8, 4) is 0 Å². The molecule has 0 saturated heterocycles. The van der Waals surface area contributed by atoms with E-state index >= 15 is 0 Å². The van der Waals surface area contributed by atoms with Crippen molar-refractivity contribution in [2.45, 2.75) is 13.0 Å². The van der Waals surface area contributed by atoms with Crippen LogP contribution in [0.15, 0.2) is 30.3 Å². The number of hydrogen-bond donors (Lipinski definition) is 3. The quantitative estimate of drug-likeness (QED) is 0.753. The summed E-state index contributed by atoms with van der Waals surface area (Å²) in [5.74, 6) is -0.283. The summed E-state index contributed by atoms with van der Waals surface area (Å²) >= 11 is 0. The first-order chi connectivity index (χ1) is 9.11. The number of fused-ring (bicyclic) bond motifs is 1. The average Bonchev–Trinajstić information content (AvgIpc) is 2.43. The highest BCUT2D eigenvalue weighted by Crippen LogP contribution is 2.17. The SMILES string of the molecule is Cc1cc(C(=O)NCC(O)CO)c2ccccc2n1. The fourth-order valence-corrected chi connectivity index (χ4v) is 1.87. The molecule has 1 heterocycles. The number of rotatable bonds is 4. The summed E-state index contributed by atoms with van der Waals surface area (Å²) in [6, 6.07) is 9.11. The molecular formula is C14H16N2O3. The van der Waals surface area contributed by atoms with E-state index in [-0.39, 0.29) is 19.1 Å². The van der Waals surface area contributed by atoms with Gasteiger partial charge < -0.3 is 15.5 Å². The van der Waals surface area contributed by atoms with Crippen LogP contribution in [0, 0.1) is 6.92 Å². The predicted molar refractivity (Wildman–Crippen MR) is 71.9 cm³/mol. The Labute approximate surface area is 110 Å². The third kappa shape index (κ3) is 3.07. The zero-order valence-corrected chi connectivity index (χ0v) is 10.6. The van der Waals surface area contributed by atoms with Gasteiger partial charge in [-0.15, -0.1) is 0 Å². The van der Waals surface area contributed by atoms with Crippen LogP contribution in [0.3, 0.4) is 0 Å². The summed E-state index contributed by atoms with van der Waals surface area (Å²) < 4.78 is 0. The highest BCUT2D eigenvalue weighted by molar-refractivity contribution is 6.06. The normalized spacial score (nSPS) is 12.4. The number of carbonyl (C=O) groups is 1. The Kier molecular flexibility index (Phi) is 4.09. The Morgan fingerprint density at radius 1 is 1.42 bits per heavy atom. The van der Waals surface area contributed by atoms with E-state index in [0.717, 1.165) is 16.6 Å². The van der Waals surface area contributed by atoms with Gasteiger partial charge in [0.2, 0.25) is 0 Å². The van der Waals surface area contributed by atoms with Crippen molar-refractivity contribution in [1.29, 1.82) is 0 Å². The molecule has 1 amide bonds. The number of hydrogen-bond acceptors (Lipinski definition) is 4. The Morgan fingerprint density at radius 3 is 2.89 bits per heavy atom. The lowest BCUT2D eigenvalue weighted by molar-refractivity contribution is 0.0803. The van der Waals surface area contributed by atoms with Crippen LogP contribution in [0.1, 0.15) is 16.1 Å². The van der Waals surface area contributed by atoms with Gasteiger partial charge in [-0.3, -0.25) is 9.78 Å². The summed E-state index contributed by atoms with van der Waals surface area (Å²) in [5, 5.41) is 21.3. The molecule has 0 bridgehead atoms. The van der Waals surface area contributed by atoms with Gasteiger partial charge in [-0.05, 0) is 19.1 Å². The van der Waals surface area contributed by atoms with Gasteiger partial charge in [-0.25, -0.2) is 0 Å². The van der Waals surface area contributed by atoms with Gasteiger partial charge in [0.15, 0.2) is 0 Å². The minimum Gasteiger partial charge on any atom is -0.394 e. The number of aliphatic hydroxyl groups is 2. The molecule has 2 rings (SSSR count). The van der Waals surface area contributed by atoms with Gasteiger partial charge in [0.25, 0.3) is 5.91 Å². The van der Waals surface area contributed by atoms with Crippen LogP contribution in [-0.2, 0) is 0 Å². The zero-order valence-electron chi connectivity index (χ0n) is 10.6. The number of pyridine rings is 1. The number of aryl methyl sites for hydroxylation is 1. The highest BCUT2D eigenvalue weighted by Gasteiger charge is 2.12. The molecule has 3 N–H and O–H groups in total. The van der Waals surface area contributed by atoms with E-state index in [9.17, 15) is 9.90 Å². The van der Waals surface area contributed by atoms with Crippen molar-refractivity contribution >= 4 is 16.8 Å². The molecule has 0 fully saturated rings. The van der Waals surface area contributed by atoms with Crippen LogP contribution in [0.4, 0.5) is 0 Å². The lowest BCUT2D eigenvalue weighted by atomic mass is 10.1. The van der Waals surface area contributed by atoms with Gasteiger partial charge in [-0.1, -0.05) is 18.2 Å². The summed E-state index contributed by atoms with van der Waals surface area (Å²) in [6.07, 6.45) is -0.946. The third-order valence-corrected chi connectivity index (χ3v) is 2.80. The van der Waals surface area contributed by atoms with Crippen molar-refractivity contribution in [3.05, 3.63) is 41.6 Å². The number of carbonyl (C=O) groups excluding carboxylic acids is 1.